The normalized spacial score (nSPS) is 10.8. The molecule has 0 radical (unpaired) electrons. The van der Waals surface area contributed by atoms with E-state index in [1.807, 2.05) is 0 Å². The monoisotopic (exact) mass is 225 g/mol. The van der Waals surface area contributed by atoms with E-state index in [4.69, 9.17) is 15.2 Å². The molecule has 5 heteroatoms. The molecule has 0 saturated heterocycles. The second-order valence-corrected chi connectivity index (χ2v) is 3.88. The summed E-state index contributed by atoms with van der Waals surface area (Å²) in [7, 11) is 0. The third-order valence-corrected chi connectivity index (χ3v) is 1.90. The topological polar surface area (TPSA) is 70.3 Å². The van der Waals surface area contributed by atoms with Crippen molar-refractivity contribution in [1.82, 2.24) is 10.2 Å². The van der Waals surface area contributed by atoms with Gasteiger partial charge in [0, 0.05) is 18.7 Å². The van der Waals surface area contributed by atoms with E-state index in [2.05, 4.69) is 24.0 Å². The van der Waals surface area contributed by atoms with Gasteiger partial charge in [0.15, 0.2) is 0 Å². The SMILES string of the molecule is CC(C)COCCOc1nnccc1CN. The molecule has 0 bridgehead atoms. The predicted octanol–water partition coefficient (Wildman–Crippen LogP) is 0.987. The van der Waals surface area contributed by atoms with Gasteiger partial charge in [-0.2, -0.15) is 5.10 Å². The minimum atomic E-state index is 0.401. The van der Waals surface area contributed by atoms with Crippen LogP contribution in [0.3, 0.4) is 0 Å². The fourth-order valence-corrected chi connectivity index (χ4v) is 1.14. The lowest BCUT2D eigenvalue weighted by atomic mass is 10.2. The standard InChI is InChI=1S/C11H19N3O2/c1-9(2)8-15-5-6-16-11-10(7-12)3-4-13-14-11/h3-4,9H,5-8,12H2,1-2H3. The lowest BCUT2D eigenvalue weighted by Crippen LogP contribution is -2.12. The highest BCUT2D eigenvalue weighted by Crippen LogP contribution is 2.11. The Labute approximate surface area is 96.0 Å². The van der Waals surface area contributed by atoms with Crippen LogP contribution in [0.2, 0.25) is 0 Å². The van der Waals surface area contributed by atoms with Crippen LogP contribution in [0.4, 0.5) is 0 Å². The van der Waals surface area contributed by atoms with Crippen LogP contribution in [-0.2, 0) is 11.3 Å². The summed E-state index contributed by atoms with van der Waals surface area (Å²) in [5.74, 6) is 1.04. The van der Waals surface area contributed by atoms with Crippen molar-refractivity contribution in [2.75, 3.05) is 19.8 Å². The van der Waals surface area contributed by atoms with E-state index in [0.29, 0.717) is 31.6 Å². The Morgan fingerprint density at radius 1 is 1.38 bits per heavy atom. The summed E-state index contributed by atoms with van der Waals surface area (Å²) in [6.45, 7) is 6.38. The van der Waals surface area contributed by atoms with Gasteiger partial charge in [-0.05, 0) is 12.0 Å². The number of ether oxygens (including phenoxy) is 2. The van der Waals surface area contributed by atoms with Crippen molar-refractivity contribution in [1.29, 1.82) is 0 Å². The molecule has 0 unspecified atom stereocenters. The highest BCUT2D eigenvalue weighted by atomic mass is 16.5. The van der Waals surface area contributed by atoms with Gasteiger partial charge in [-0.3, -0.25) is 0 Å². The summed E-state index contributed by atoms with van der Waals surface area (Å²) in [4.78, 5) is 0. The highest BCUT2D eigenvalue weighted by molar-refractivity contribution is 5.22. The molecule has 1 heterocycles. The van der Waals surface area contributed by atoms with Crippen molar-refractivity contribution in [3.8, 4) is 5.88 Å². The van der Waals surface area contributed by atoms with Gasteiger partial charge in [0.25, 0.3) is 0 Å². The Morgan fingerprint density at radius 2 is 2.19 bits per heavy atom. The van der Waals surface area contributed by atoms with E-state index in [9.17, 15) is 0 Å². The lowest BCUT2D eigenvalue weighted by molar-refractivity contribution is 0.0800. The molecule has 0 atom stereocenters. The Hall–Kier alpha value is -1.20. The van der Waals surface area contributed by atoms with E-state index in [0.717, 1.165) is 12.2 Å². The van der Waals surface area contributed by atoms with Crippen LogP contribution in [-0.4, -0.2) is 30.0 Å². The lowest BCUT2D eigenvalue weighted by Gasteiger charge is -2.09. The second kappa shape index (κ2) is 7.14. The molecule has 5 nitrogen and oxygen atoms in total. The van der Waals surface area contributed by atoms with E-state index in [-0.39, 0.29) is 0 Å². The first-order valence-electron chi connectivity index (χ1n) is 5.45. The fourth-order valence-electron chi connectivity index (χ4n) is 1.14. The number of rotatable bonds is 7. The molecule has 0 spiro atoms. The molecular weight excluding hydrogens is 206 g/mol. The van der Waals surface area contributed by atoms with Crippen LogP contribution < -0.4 is 10.5 Å². The molecule has 0 amide bonds. The van der Waals surface area contributed by atoms with Gasteiger partial charge in [0.05, 0.1) is 12.8 Å². The van der Waals surface area contributed by atoms with Crippen LogP contribution in [0.25, 0.3) is 0 Å². The molecule has 16 heavy (non-hydrogen) atoms. The maximum Gasteiger partial charge on any atom is 0.238 e. The van der Waals surface area contributed by atoms with Crippen LogP contribution >= 0.6 is 0 Å². The summed E-state index contributed by atoms with van der Waals surface area (Å²) in [5, 5.41) is 7.62. The predicted molar refractivity (Wildman–Crippen MR) is 61.1 cm³/mol. The summed E-state index contributed by atoms with van der Waals surface area (Å²) in [5.41, 5.74) is 6.40. The summed E-state index contributed by atoms with van der Waals surface area (Å²) in [6.07, 6.45) is 1.60. The molecule has 90 valence electrons. The van der Waals surface area contributed by atoms with E-state index >= 15 is 0 Å². The summed E-state index contributed by atoms with van der Waals surface area (Å²) >= 11 is 0. The number of nitrogens with two attached hydrogens (primary N) is 1. The minimum Gasteiger partial charge on any atom is -0.474 e. The van der Waals surface area contributed by atoms with Gasteiger partial charge >= 0.3 is 0 Å². The molecule has 0 aromatic carbocycles. The Morgan fingerprint density at radius 3 is 2.88 bits per heavy atom. The quantitative estimate of drug-likeness (QED) is 0.701. The molecule has 0 saturated carbocycles. The molecular formula is C11H19N3O2. The van der Waals surface area contributed by atoms with Crippen molar-refractivity contribution in [3.63, 3.8) is 0 Å². The molecule has 2 N–H and O–H groups in total. The average molecular weight is 225 g/mol. The number of hydrogen-bond acceptors (Lipinski definition) is 5. The maximum atomic E-state index is 5.54. The molecule has 0 fully saturated rings. The molecule has 1 aromatic heterocycles. The zero-order chi connectivity index (χ0) is 11.8. The summed E-state index contributed by atoms with van der Waals surface area (Å²) in [6, 6.07) is 1.80. The van der Waals surface area contributed by atoms with Crippen LogP contribution in [0.1, 0.15) is 19.4 Å². The Balaban J connectivity index is 2.26. The van der Waals surface area contributed by atoms with Crippen molar-refractivity contribution in [2.24, 2.45) is 11.7 Å². The maximum absolute atomic E-state index is 5.54. The number of nitrogens with zero attached hydrogens (tertiary/aromatic N) is 2. The van der Waals surface area contributed by atoms with Gasteiger partial charge in [-0.25, -0.2) is 0 Å². The van der Waals surface area contributed by atoms with Crippen molar-refractivity contribution in [3.05, 3.63) is 17.8 Å². The van der Waals surface area contributed by atoms with Crippen LogP contribution in [0, 0.1) is 5.92 Å². The van der Waals surface area contributed by atoms with Gasteiger partial charge in [0.1, 0.15) is 6.61 Å². The van der Waals surface area contributed by atoms with Gasteiger partial charge in [0.2, 0.25) is 5.88 Å². The smallest absolute Gasteiger partial charge is 0.238 e. The minimum absolute atomic E-state index is 0.401. The van der Waals surface area contributed by atoms with E-state index in [1.54, 1.807) is 12.3 Å². The molecule has 0 aliphatic rings. The highest BCUT2D eigenvalue weighted by Gasteiger charge is 2.03. The number of hydrogen-bond donors (Lipinski definition) is 1. The van der Waals surface area contributed by atoms with Gasteiger partial charge in [-0.1, -0.05) is 13.8 Å². The second-order valence-electron chi connectivity index (χ2n) is 3.88. The molecule has 1 aromatic rings. The third kappa shape index (κ3) is 4.55. The van der Waals surface area contributed by atoms with Gasteiger partial charge in [-0.15, -0.1) is 5.10 Å². The van der Waals surface area contributed by atoms with Crippen molar-refractivity contribution < 1.29 is 9.47 Å². The summed E-state index contributed by atoms with van der Waals surface area (Å²) < 4.78 is 10.8. The van der Waals surface area contributed by atoms with E-state index in [1.165, 1.54) is 0 Å². The third-order valence-electron chi connectivity index (χ3n) is 1.90. The molecule has 1 rings (SSSR count). The number of aromatic nitrogens is 2. The first-order chi connectivity index (χ1) is 7.74. The first-order valence-corrected chi connectivity index (χ1v) is 5.45. The molecule has 0 aliphatic carbocycles. The average Bonchev–Trinajstić information content (AvgIpc) is 2.29. The first kappa shape index (κ1) is 12.9. The fraction of sp³-hybridized carbons (Fsp3) is 0.636. The zero-order valence-electron chi connectivity index (χ0n) is 9.85. The van der Waals surface area contributed by atoms with Crippen molar-refractivity contribution in [2.45, 2.75) is 20.4 Å². The van der Waals surface area contributed by atoms with Gasteiger partial charge < -0.3 is 15.2 Å². The van der Waals surface area contributed by atoms with Crippen LogP contribution in [0.5, 0.6) is 5.88 Å². The van der Waals surface area contributed by atoms with E-state index < -0.39 is 0 Å². The van der Waals surface area contributed by atoms with Crippen molar-refractivity contribution >= 4 is 0 Å². The largest absolute Gasteiger partial charge is 0.474 e. The van der Waals surface area contributed by atoms with Crippen LogP contribution in [0.15, 0.2) is 12.3 Å². The zero-order valence-corrected chi connectivity index (χ0v) is 9.85. The Kier molecular flexibility index (Phi) is 5.74. The Bertz CT molecular complexity index is 305. The molecule has 0 aliphatic heterocycles.